The molecule has 1 saturated heterocycles. The summed E-state index contributed by atoms with van der Waals surface area (Å²) >= 11 is 0. The summed E-state index contributed by atoms with van der Waals surface area (Å²) in [6, 6.07) is 8.02. The van der Waals surface area contributed by atoms with Gasteiger partial charge in [-0.1, -0.05) is 18.2 Å². The molecule has 1 aliphatic rings. The highest BCUT2D eigenvalue weighted by atomic mass is 16.5. The second-order valence-corrected chi connectivity index (χ2v) is 4.95. The van der Waals surface area contributed by atoms with Crippen molar-refractivity contribution >= 4 is 0 Å². The molecule has 1 heterocycles. The van der Waals surface area contributed by atoms with Gasteiger partial charge in [0.25, 0.3) is 0 Å². The van der Waals surface area contributed by atoms with Crippen LogP contribution in [0.3, 0.4) is 0 Å². The van der Waals surface area contributed by atoms with Crippen molar-refractivity contribution in [3.63, 3.8) is 0 Å². The quantitative estimate of drug-likeness (QED) is 0.788. The van der Waals surface area contributed by atoms with Crippen molar-refractivity contribution in [1.29, 1.82) is 0 Å². The monoisotopic (exact) mass is 249 g/mol. The highest BCUT2D eigenvalue weighted by Gasteiger charge is 2.14. The highest BCUT2D eigenvalue weighted by molar-refractivity contribution is 5.35. The average Bonchev–Trinajstić information content (AvgIpc) is 2.88. The molecule has 0 bridgehead atoms. The van der Waals surface area contributed by atoms with Gasteiger partial charge in [-0.05, 0) is 38.7 Å². The predicted molar refractivity (Wildman–Crippen MR) is 72.7 cm³/mol. The minimum absolute atomic E-state index is 0.0133. The number of rotatable bonds is 6. The van der Waals surface area contributed by atoms with Crippen LogP contribution in [-0.4, -0.2) is 19.3 Å². The first-order valence-corrected chi connectivity index (χ1v) is 6.86. The van der Waals surface area contributed by atoms with Crippen LogP contribution in [0.5, 0.6) is 5.75 Å². The molecule has 1 aliphatic heterocycles. The molecule has 2 unspecified atom stereocenters. The SMILES string of the molecule is CC(N)c1ccccc1OCCCC1CCCO1. The Morgan fingerprint density at radius 3 is 3.00 bits per heavy atom. The number of para-hydroxylation sites is 1. The Morgan fingerprint density at radius 1 is 1.44 bits per heavy atom. The lowest BCUT2D eigenvalue weighted by Crippen LogP contribution is -2.10. The fourth-order valence-electron chi connectivity index (χ4n) is 2.35. The molecular weight excluding hydrogens is 226 g/mol. The Balaban J connectivity index is 1.75. The molecule has 2 N–H and O–H groups in total. The highest BCUT2D eigenvalue weighted by Crippen LogP contribution is 2.24. The third-order valence-electron chi connectivity index (χ3n) is 3.36. The summed E-state index contributed by atoms with van der Waals surface area (Å²) in [6.07, 6.45) is 5.01. The molecule has 1 fully saturated rings. The van der Waals surface area contributed by atoms with E-state index >= 15 is 0 Å². The molecule has 2 atom stereocenters. The molecule has 0 radical (unpaired) electrons. The van der Waals surface area contributed by atoms with Crippen LogP contribution in [0, 0.1) is 0 Å². The average molecular weight is 249 g/mol. The molecule has 100 valence electrons. The summed E-state index contributed by atoms with van der Waals surface area (Å²) in [6.45, 7) is 3.65. The Hall–Kier alpha value is -1.06. The van der Waals surface area contributed by atoms with E-state index in [0.717, 1.165) is 37.4 Å². The van der Waals surface area contributed by atoms with Gasteiger partial charge < -0.3 is 15.2 Å². The maximum atomic E-state index is 5.92. The Kier molecular flexibility index (Phi) is 5.02. The standard InChI is InChI=1S/C15H23NO2/c1-12(16)14-8-2-3-9-15(14)18-11-5-7-13-6-4-10-17-13/h2-3,8-9,12-13H,4-7,10-11,16H2,1H3. The van der Waals surface area contributed by atoms with Gasteiger partial charge in [-0.15, -0.1) is 0 Å². The van der Waals surface area contributed by atoms with E-state index in [1.165, 1.54) is 12.8 Å². The summed E-state index contributed by atoms with van der Waals surface area (Å²) < 4.78 is 11.4. The molecule has 2 rings (SSSR count). The van der Waals surface area contributed by atoms with Crippen LogP contribution in [0.4, 0.5) is 0 Å². The minimum Gasteiger partial charge on any atom is -0.493 e. The van der Waals surface area contributed by atoms with Gasteiger partial charge in [-0.3, -0.25) is 0 Å². The van der Waals surface area contributed by atoms with Gasteiger partial charge in [-0.2, -0.15) is 0 Å². The van der Waals surface area contributed by atoms with E-state index in [-0.39, 0.29) is 6.04 Å². The second kappa shape index (κ2) is 6.76. The van der Waals surface area contributed by atoms with Gasteiger partial charge in [0.15, 0.2) is 0 Å². The molecule has 18 heavy (non-hydrogen) atoms. The van der Waals surface area contributed by atoms with E-state index in [0.29, 0.717) is 6.10 Å². The van der Waals surface area contributed by atoms with Crippen molar-refractivity contribution in [3.8, 4) is 5.75 Å². The van der Waals surface area contributed by atoms with Crippen molar-refractivity contribution < 1.29 is 9.47 Å². The van der Waals surface area contributed by atoms with Crippen LogP contribution in [0.1, 0.15) is 44.2 Å². The number of benzene rings is 1. The van der Waals surface area contributed by atoms with Gasteiger partial charge in [0.2, 0.25) is 0 Å². The summed E-state index contributed by atoms with van der Waals surface area (Å²) in [5.74, 6) is 0.917. The van der Waals surface area contributed by atoms with Crippen molar-refractivity contribution in [1.82, 2.24) is 0 Å². The molecule has 1 aromatic carbocycles. The van der Waals surface area contributed by atoms with Crippen molar-refractivity contribution in [2.75, 3.05) is 13.2 Å². The number of hydrogen-bond donors (Lipinski definition) is 1. The first-order chi connectivity index (χ1) is 8.77. The molecule has 0 aromatic heterocycles. The van der Waals surface area contributed by atoms with E-state index < -0.39 is 0 Å². The second-order valence-electron chi connectivity index (χ2n) is 4.95. The predicted octanol–water partition coefficient (Wildman–Crippen LogP) is 3.04. The zero-order valence-electron chi connectivity index (χ0n) is 11.1. The first-order valence-electron chi connectivity index (χ1n) is 6.86. The van der Waals surface area contributed by atoms with E-state index in [1.807, 2.05) is 31.2 Å². The van der Waals surface area contributed by atoms with Gasteiger partial charge in [-0.25, -0.2) is 0 Å². The van der Waals surface area contributed by atoms with E-state index in [4.69, 9.17) is 15.2 Å². The smallest absolute Gasteiger partial charge is 0.124 e. The van der Waals surface area contributed by atoms with Crippen LogP contribution in [0.2, 0.25) is 0 Å². The Bertz CT molecular complexity index is 359. The lowest BCUT2D eigenvalue weighted by molar-refractivity contribution is 0.0980. The summed E-state index contributed by atoms with van der Waals surface area (Å²) in [5, 5.41) is 0. The lowest BCUT2D eigenvalue weighted by atomic mass is 10.1. The number of nitrogens with two attached hydrogens (primary N) is 1. The molecule has 0 saturated carbocycles. The molecule has 0 spiro atoms. The van der Waals surface area contributed by atoms with Crippen LogP contribution in [0.25, 0.3) is 0 Å². The van der Waals surface area contributed by atoms with Crippen molar-refractivity contribution in [2.45, 2.75) is 44.8 Å². The number of hydrogen-bond acceptors (Lipinski definition) is 3. The molecular formula is C15H23NO2. The summed E-state index contributed by atoms with van der Waals surface area (Å²) in [4.78, 5) is 0. The van der Waals surface area contributed by atoms with Gasteiger partial charge in [0.1, 0.15) is 5.75 Å². The molecule has 0 aliphatic carbocycles. The van der Waals surface area contributed by atoms with Crippen LogP contribution in [-0.2, 0) is 4.74 Å². The molecule has 3 nitrogen and oxygen atoms in total. The third-order valence-corrected chi connectivity index (χ3v) is 3.36. The normalized spacial score (nSPS) is 20.9. The van der Waals surface area contributed by atoms with Crippen LogP contribution < -0.4 is 10.5 Å². The fraction of sp³-hybridized carbons (Fsp3) is 0.600. The number of ether oxygens (including phenoxy) is 2. The van der Waals surface area contributed by atoms with E-state index in [9.17, 15) is 0 Å². The maximum Gasteiger partial charge on any atom is 0.124 e. The lowest BCUT2D eigenvalue weighted by Gasteiger charge is -2.14. The summed E-state index contributed by atoms with van der Waals surface area (Å²) in [5.41, 5.74) is 7.00. The Labute approximate surface area is 109 Å². The third kappa shape index (κ3) is 3.72. The van der Waals surface area contributed by atoms with Crippen molar-refractivity contribution in [3.05, 3.63) is 29.8 Å². The zero-order valence-corrected chi connectivity index (χ0v) is 11.1. The molecule has 1 aromatic rings. The van der Waals surface area contributed by atoms with Gasteiger partial charge in [0.05, 0.1) is 12.7 Å². The first kappa shape index (κ1) is 13.4. The van der Waals surface area contributed by atoms with E-state index in [2.05, 4.69) is 0 Å². The minimum atomic E-state index is 0.0133. The molecule has 3 heteroatoms. The fourth-order valence-corrected chi connectivity index (χ4v) is 2.35. The van der Waals surface area contributed by atoms with Crippen molar-refractivity contribution in [2.24, 2.45) is 5.73 Å². The largest absolute Gasteiger partial charge is 0.493 e. The van der Waals surface area contributed by atoms with Crippen LogP contribution in [0.15, 0.2) is 24.3 Å². The summed E-state index contributed by atoms with van der Waals surface area (Å²) in [7, 11) is 0. The molecule has 0 amide bonds. The van der Waals surface area contributed by atoms with Gasteiger partial charge >= 0.3 is 0 Å². The van der Waals surface area contributed by atoms with Crippen LogP contribution >= 0.6 is 0 Å². The maximum absolute atomic E-state index is 5.92. The van der Waals surface area contributed by atoms with E-state index in [1.54, 1.807) is 0 Å². The zero-order chi connectivity index (χ0) is 12.8. The topological polar surface area (TPSA) is 44.5 Å². The Morgan fingerprint density at radius 2 is 2.28 bits per heavy atom. The van der Waals surface area contributed by atoms with Gasteiger partial charge in [0, 0.05) is 18.2 Å².